The summed E-state index contributed by atoms with van der Waals surface area (Å²) in [5.41, 5.74) is 0.0198. The molecule has 0 aliphatic carbocycles. The van der Waals surface area contributed by atoms with Crippen LogP contribution < -0.4 is 10.2 Å². The highest BCUT2D eigenvalue weighted by atomic mass is 79.9. The summed E-state index contributed by atoms with van der Waals surface area (Å²) in [5.74, 6) is 0. The highest BCUT2D eigenvalue weighted by molar-refractivity contribution is 9.10. The molecule has 1 N–H and O–H groups in total. The molecule has 2 nitrogen and oxygen atoms in total. The van der Waals surface area contributed by atoms with Crippen LogP contribution in [0, 0.1) is 0 Å². The average molecular weight is 323 g/mol. The molecule has 2 rings (SSSR count). The van der Waals surface area contributed by atoms with Crippen molar-refractivity contribution in [3.8, 4) is 0 Å². The fourth-order valence-corrected chi connectivity index (χ4v) is 2.50. The number of rotatable bonds is 1. The molecule has 1 heterocycles. The van der Waals surface area contributed by atoms with Gasteiger partial charge in [-0.2, -0.15) is 13.2 Å². The molecule has 0 spiro atoms. The van der Waals surface area contributed by atoms with Crippen molar-refractivity contribution < 1.29 is 13.2 Å². The molecule has 0 amide bonds. The van der Waals surface area contributed by atoms with Gasteiger partial charge in [0.05, 0.1) is 5.56 Å². The van der Waals surface area contributed by atoms with E-state index in [1.54, 1.807) is 6.07 Å². The van der Waals surface area contributed by atoms with E-state index in [1.807, 2.05) is 4.90 Å². The lowest BCUT2D eigenvalue weighted by molar-refractivity contribution is -0.138. The largest absolute Gasteiger partial charge is 0.417 e. The lowest BCUT2D eigenvalue weighted by Crippen LogP contribution is -2.28. The van der Waals surface area contributed by atoms with Gasteiger partial charge in [-0.05, 0) is 31.2 Å². The minimum Gasteiger partial charge on any atom is -0.370 e. The molecule has 0 atom stereocenters. The Morgan fingerprint density at radius 2 is 1.94 bits per heavy atom. The molecule has 0 bridgehead atoms. The fraction of sp³-hybridized carbons (Fsp3) is 0.500. The summed E-state index contributed by atoms with van der Waals surface area (Å²) in [6.45, 7) is 3.24. The molecule has 1 aliphatic rings. The van der Waals surface area contributed by atoms with Crippen LogP contribution in [-0.4, -0.2) is 26.2 Å². The van der Waals surface area contributed by atoms with Gasteiger partial charge < -0.3 is 10.2 Å². The zero-order valence-corrected chi connectivity index (χ0v) is 11.3. The first kappa shape index (κ1) is 13.7. The van der Waals surface area contributed by atoms with Gasteiger partial charge in [0.15, 0.2) is 0 Å². The summed E-state index contributed by atoms with van der Waals surface area (Å²) in [7, 11) is 0. The van der Waals surface area contributed by atoms with Crippen LogP contribution in [0.2, 0.25) is 0 Å². The van der Waals surface area contributed by atoms with Crippen molar-refractivity contribution in [1.82, 2.24) is 5.32 Å². The first-order valence-corrected chi connectivity index (χ1v) is 6.60. The van der Waals surface area contributed by atoms with Gasteiger partial charge in [0.1, 0.15) is 0 Å². The molecule has 6 heteroatoms. The van der Waals surface area contributed by atoms with Gasteiger partial charge in [0.2, 0.25) is 0 Å². The average Bonchev–Trinajstić information content (AvgIpc) is 2.56. The topological polar surface area (TPSA) is 15.3 Å². The van der Waals surface area contributed by atoms with Gasteiger partial charge in [0.25, 0.3) is 0 Å². The van der Waals surface area contributed by atoms with Crippen LogP contribution in [0.25, 0.3) is 0 Å². The maximum absolute atomic E-state index is 12.8. The number of hydrogen-bond acceptors (Lipinski definition) is 2. The van der Waals surface area contributed by atoms with Crippen molar-refractivity contribution in [1.29, 1.82) is 0 Å². The van der Waals surface area contributed by atoms with Crippen molar-refractivity contribution in [2.24, 2.45) is 0 Å². The van der Waals surface area contributed by atoms with Gasteiger partial charge >= 0.3 is 6.18 Å². The van der Waals surface area contributed by atoms with E-state index < -0.39 is 11.7 Å². The Hall–Kier alpha value is -0.750. The number of alkyl halides is 3. The number of halogens is 4. The van der Waals surface area contributed by atoms with Crippen LogP contribution in [0.3, 0.4) is 0 Å². The van der Waals surface area contributed by atoms with Crippen molar-refractivity contribution >= 4 is 21.6 Å². The Morgan fingerprint density at radius 3 is 2.67 bits per heavy atom. The Bertz CT molecular complexity index is 412. The van der Waals surface area contributed by atoms with Crippen molar-refractivity contribution in [2.75, 3.05) is 31.1 Å². The van der Waals surface area contributed by atoms with Gasteiger partial charge in [-0.1, -0.05) is 15.9 Å². The smallest absolute Gasteiger partial charge is 0.370 e. The first-order valence-electron chi connectivity index (χ1n) is 5.81. The van der Waals surface area contributed by atoms with Crippen LogP contribution >= 0.6 is 15.9 Å². The SMILES string of the molecule is FC(F)(F)c1cc(N2CCCNCC2)ccc1Br. The van der Waals surface area contributed by atoms with E-state index in [4.69, 9.17) is 0 Å². The van der Waals surface area contributed by atoms with Crippen molar-refractivity contribution in [3.05, 3.63) is 28.2 Å². The lowest BCUT2D eigenvalue weighted by atomic mass is 10.1. The summed E-state index contributed by atoms with van der Waals surface area (Å²) in [4.78, 5) is 1.99. The second-order valence-electron chi connectivity index (χ2n) is 4.25. The molecule has 1 aromatic carbocycles. The molecule has 1 aliphatic heterocycles. The predicted octanol–water partition coefficient (Wildman–Crippen LogP) is 3.27. The fourth-order valence-electron chi connectivity index (χ4n) is 2.03. The minimum absolute atomic E-state index is 0.0895. The van der Waals surface area contributed by atoms with E-state index in [0.717, 1.165) is 32.6 Å². The highest BCUT2D eigenvalue weighted by Gasteiger charge is 2.33. The molecular weight excluding hydrogens is 309 g/mol. The quantitative estimate of drug-likeness (QED) is 0.853. The van der Waals surface area contributed by atoms with Crippen molar-refractivity contribution in [2.45, 2.75) is 12.6 Å². The van der Waals surface area contributed by atoms with Gasteiger partial charge in [-0.25, -0.2) is 0 Å². The number of nitrogens with zero attached hydrogens (tertiary/aromatic N) is 1. The molecular formula is C12H14BrF3N2. The Labute approximate surface area is 112 Å². The van der Waals surface area contributed by atoms with E-state index in [0.29, 0.717) is 5.69 Å². The molecule has 0 radical (unpaired) electrons. The van der Waals surface area contributed by atoms with Crippen LogP contribution in [0.4, 0.5) is 18.9 Å². The van der Waals surface area contributed by atoms with E-state index in [9.17, 15) is 13.2 Å². The number of benzene rings is 1. The summed E-state index contributed by atoms with van der Waals surface area (Å²) >= 11 is 2.95. The number of anilines is 1. The summed E-state index contributed by atoms with van der Waals surface area (Å²) in [6.07, 6.45) is -3.38. The third-order valence-electron chi connectivity index (χ3n) is 2.96. The molecule has 18 heavy (non-hydrogen) atoms. The van der Waals surface area contributed by atoms with E-state index in [1.165, 1.54) is 12.1 Å². The van der Waals surface area contributed by atoms with E-state index in [-0.39, 0.29) is 4.47 Å². The Kier molecular flexibility index (Phi) is 4.17. The van der Waals surface area contributed by atoms with Crippen LogP contribution in [-0.2, 0) is 6.18 Å². The standard InChI is InChI=1S/C12H14BrF3N2/c13-11-3-2-9(8-10(11)12(14,15)16)18-6-1-4-17-5-7-18/h2-3,8,17H,1,4-7H2. The summed E-state index contributed by atoms with van der Waals surface area (Å²) in [6, 6.07) is 4.41. The van der Waals surface area contributed by atoms with Gasteiger partial charge in [-0.3, -0.25) is 0 Å². The molecule has 0 unspecified atom stereocenters. The highest BCUT2D eigenvalue weighted by Crippen LogP contribution is 2.37. The Morgan fingerprint density at radius 1 is 1.17 bits per heavy atom. The third-order valence-corrected chi connectivity index (χ3v) is 3.65. The van der Waals surface area contributed by atoms with Crippen LogP contribution in [0.1, 0.15) is 12.0 Å². The first-order chi connectivity index (χ1) is 8.48. The molecule has 1 fully saturated rings. The van der Waals surface area contributed by atoms with Gasteiger partial charge in [-0.15, -0.1) is 0 Å². The van der Waals surface area contributed by atoms with Crippen LogP contribution in [0.5, 0.6) is 0 Å². The molecule has 100 valence electrons. The van der Waals surface area contributed by atoms with E-state index in [2.05, 4.69) is 21.2 Å². The monoisotopic (exact) mass is 322 g/mol. The zero-order valence-electron chi connectivity index (χ0n) is 9.73. The maximum Gasteiger partial charge on any atom is 0.417 e. The van der Waals surface area contributed by atoms with E-state index >= 15 is 0 Å². The Balaban J connectivity index is 2.28. The second-order valence-corrected chi connectivity index (χ2v) is 5.11. The van der Waals surface area contributed by atoms with Crippen LogP contribution in [0.15, 0.2) is 22.7 Å². The molecule has 0 aromatic heterocycles. The molecule has 0 saturated carbocycles. The zero-order chi connectivity index (χ0) is 13.2. The minimum atomic E-state index is -4.32. The maximum atomic E-state index is 12.8. The lowest BCUT2D eigenvalue weighted by Gasteiger charge is -2.23. The molecule has 1 saturated heterocycles. The third kappa shape index (κ3) is 3.17. The summed E-state index contributed by atoms with van der Waals surface area (Å²) in [5, 5.41) is 3.23. The summed E-state index contributed by atoms with van der Waals surface area (Å²) < 4.78 is 38.5. The van der Waals surface area contributed by atoms with Gasteiger partial charge in [0, 0.05) is 29.8 Å². The second kappa shape index (κ2) is 5.48. The predicted molar refractivity (Wildman–Crippen MR) is 68.8 cm³/mol. The number of nitrogens with one attached hydrogen (secondary N) is 1. The normalized spacial score (nSPS) is 17.7. The van der Waals surface area contributed by atoms with Crippen molar-refractivity contribution in [3.63, 3.8) is 0 Å². The number of hydrogen-bond donors (Lipinski definition) is 1. The molecule has 1 aromatic rings.